The average Bonchev–Trinajstić information content (AvgIpc) is 2.07. The summed E-state index contributed by atoms with van der Waals surface area (Å²) in [5.74, 6) is 4.18. The summed E-state index contributed by atoms with van der Waals surface area (Å²) in [6.07, 6.45) is 0. The monoisotopic (exact) mass is 193 g/mol. The van der Waals surface area contributed by atoms with Gasteiger partial charge >= 0.3 is 0 Å². The fourth-order valence-corrected chi connectivity index (χ4v) is 1.05. The summed E-state index contributed by atoms with van der Waals surface area (Å²) in [6, 6.07) is 5.44. The zero-order valence-corrected chi connectivity index (χ0v) is 7.85. The molecule has 66 valence electrons. The van der Waals surface area contributed by atoms with Crippen LogP contribution in [0.25, 0.3) is 0 Å². The topological polar surface area (TPSA) is 43.1 Å². The van der Waals surface area contributed by atoms with Gasteiger partial charge in [0.25, 0.3) is 5.91 Å². The van der Waals surface area contributed by atoms with Crippen molar-refractivity contribution in [2.24, 2.45) is 5.73 Å². The van der Waals surface area contributed by atoms with Gasteiger partial charge in [-0.1, -0.05) is 29.7 Å². The predicted molar refractivity (Wildman–Crippen MR) is 52.3 cm³/mol. The number of nitrogens with two attached hydrogens (primary N) is 1. The molecule has 0 saturated carbocycles. The third-order valence-corrected chi connectivity index (χ3v) is 2.01. The molecule has 0 bridgehead atoms. The standard InChI is InChI=1S/C10H8ClNO/c1-7-3-2-4-8(10(7)11)5-6-9(12)13/h2-4H,1H3,(H2,12,13). The molecule has 0 fully saturated rings. The lowest BCUT2D eigenvalue weighted by Gasteiger charge is -1.98. The van der Waals surface area contributed by atoms with Crippen molar-refractivity contribution in [1.82, 2.24) is 0 Å². The van der Waals surface area contributed by atoms with Gasteiger partial charge in [-0.05, 0) is 18.6 Å². The molecule has 3 heteroatoms. The molecule has 0 radical (unpaired) electrons. The molecular formula is C10H8ClNO. The van der Waals surface area contributed by atoms with Crippen molar-refractivity contribution in [1.29, 1.82) is 0 Å². The van der Waals surface area contributed by atoms with Gasteiger partial charge < -0.3 is 5.73 Å². The second-order valence-electron chi connectivity index (χ2n) is 2.55. The Hall–Kier alpha value is -1.46. The van der Waals surface area contributed by atoms with Gasteiger partial charge in [-0.25, -0.2) is 0 Å². The van der Waals surface area contributed by atoms with Crippen LogP contribution in [-0.4, -0.2) is 5.91 Å². The van der Waals surface area contributed by atoms with E-state index < -0.39 is 5.91 Å². The summed E-state index contributed by atoms with van der Waals surface area (Å²) >= 11 is 5.92. The second kappa shape index (κ2) is 3.97. The molecule has 1 aromatic carbocycles. The number of amides is 1. The van der Waals surface area contributed by atoms with Crippen molar-refractivity contribution in [2.75, 3.05) is 0 Å². The molecule has 0 aliphatic heterocycles. The SMILES string of the molecule is Cc1cccc(C#CC(N)=O)c1Cl. The number of carbonyl (C=O) groups excluding carboxylic acids is 1. The zero-order chi connectivity index (χ0) is 9.84. The summed E-state index contributed by atoms with van der Waals surface area (Å²) in [5.41, 5.74) is 6.43. The van der Waals surface area contributed by atoms with Crippen LogP contribution in [0, 0.1) is 18.8 Å². The minimum atomic E-state index is -0.655. The van der Waals surface area contributed by atoms with E-state index in [-0.39, 0.29) is 0 Å². The highest BCUT2D eigenvalue weighted by atomic mass is 35.5. The van der Waals surface area contributed by atoms with E-state index in [1.165, 1.54) is 0 Å². The molecule has 0 heterocycles. The van der Waals surface area contributed by atoms with Crippen molar-refractivity contribution in [3.05, 3.63) is 34.3 Å². The van der Waals surface area contributed by atoms with Crippen LogP contribution in [0.15, 0.2) is 18.2 Å². The predicted octanol–water partition coefficient (Wildman–Crippen LogP) is 1.49. The first-order valence-electron chi connectivity index (χ1n) is 3.68. The summed E-state index contributed by atoms with van der Waals surface area (Å²) in [4.78, 5) is 10.4. The van der Waals surface area contributed by atoms with Crippen LogP contribution in [0.2, 0.25) is 5.02 Å². The van der Waals surface area contributed by atoms with Crippen LogP contribution in [0.4, 0.5) is 0 Å². The number of hydrogen-bond donors (Lipinski definition) is 1. The second-order valence-corrected chi connectivity index (χ2v) is 2.93. The van der Waals surface area contributed by atoms with Gasteiger partial charge in [0.15, 0.2) is 0 Å². The summed E-state index contributed by atoms with van der Waals surface area (Å²) in [6.45, 7) is 1.87. The maximum atomic E-state index is 10.4. The molecule has 2 nitrogen and oxygen atoms in total. The molecule has 0 saturated heterocycles. The molecular weight excluding hydrogens is 186 g/mol. The van der Waals surface area contributed by atoms with E-state index in [0.29, 0.717) is 10.6 Å². The highest BCUT2D eigenvalue weighted by molar-refractivity contribution is 6.32. The number of primary amides is 1. The van der Waals surface area contributed by atoms with E-state index in [0.717, 1.165) is 5.56 Å². The first kappa shape index (κ1) is 9.63. The lowest BCUT2D eigenvalue weighted by atomic mass is 10.1. The Bertz CT molecular complexity index is 401. The normalized spacial score (nSPS) is 8.77. The molecule has 0 aliphatic rings. The number of hydrogen-bond acceptors (Lipinski definition) is 1. The minimum Gasteiger partial charge on any atom is -0.359 e. The Morgan fingerprint density at radius 2 is 2.23 bits per heavy atom. The quantitative estimate of drug-likeness (QED) is 0.624. The van der Waals surface area contributed by atoms with Crippen molar-refractivity contribution < 1.29 is 4.79 Å². The maximum Gasteiger partial charge on any atom is 0.293 e. The van der Waals surface area contributed by atoms with E-state index in [2.05, 4.69) is 11.8 Å². The largest absolute Gasteiger partial charge is 0.359 e. The summed E-state index contributed by atoms with van der Waals surface area (Å²) in [5, 5.41) is 0.566. The Morgan fingerprint density at radius 3 is 2.85 bits per heavy atom. The average molecular weight is 194 g/mol. The number of benzene rings is 1. The van der Waals surface area contributed by atoms with Gasteiger partial charge in [0.2, 0.25) is 0 Å². The molecule has 0 aromatic heterocycles. The Kier molecular flexibility index (Phi) is 2.94. The third kappa shape index (κ3) is 2.50. The third-order valence-electron chi connectivity index (χ3n) is 1.51. The molecule has 0 spiro atoms. The Balaban J connectivity index is 3.11. The van der Waals surface area contributed by atoms with E-state index in [1.807, 2.05) is 19.1 Å². The molecule has 0 aliphatic carbocycles. The van der Waals surface area contributed by atoms with Crippen molar-refractivity contribution in [2.45, 2.75) is 6.92 Å². The molecule has 1 amide bonds. The number of aryl methyl sites for hydroxylation is 1. The van der Waals surface area contributed by atoms with Crippen LogP contribution in [0.5, 0.6) is 0 Å². The lowest BCUT2D eigenvalue weighted by molar-refractivity contribution is -0.112. The van der Waals surface area contributed by atoms with Gasteiger partial charge in [-0.15, -0.1) is 0 Å². The van der Waals surface area contributed by atoms with Gasteiger partial charge in [-0.3, -0.25) is 4.79 Å². The summed E-state index contributed by atoms with van der Waals surface area (Å²) < 4.78 is 0. The van der Waals surface area contributed by atoms with Gasteiger partial charge in [0.1, 0.15) is 0 Å². The molecule has 2 N–H and O–H groups in total. The van der Waals surface area contributed by atoms with E-state index >= 15 is 0 Å². The van der Waals surface area contributed by atoms with Crippen molar-refractivity contribution in [3.63, 3.8) is 0 Å². The first-order valence-corrected chi connectivity index (χ1v) is 4.05. The van der Waals surface area contributed by atoms with Crippen LogP contribution >= 0.6 is 11.6 Å². The van der Waals surface area contributed by atoms with Crippen LogP contribution in [0.3, 0.4) is 0 Å². The molecule has 13 heavy (non-hydrogen) atoms. The van der Waals surface area contributed by atoms with Gasteiger partial charge in [0.05, 0.1) is 5.02 Å². The van der Waals surface area contributed by atoms with Crippen LogP contribution < -0.4 is 5.73 Å². The fraction of sp³-hybridized carbons (Fsp3) is 0.100. The van der Waals surface area contributed by atoms with Crippen LogP contribution in [-0.2, 0) is 4.79 Å². The zero-order valence-electron chi connectivity index (χ0n) is 7.10. The minimum absolute atomic E-state index is 0.566. The Morgan fingerprint density at radius 1 is 1.54 bits per heavy atom. The lowest BCUT2D eigenvalue weighted by Crippen LogP contribution is -2.06. The highest BCUT2D eigenvalue weighted by Crippen LogP contribution is 2.18. The van der Waals surface area contributed by atoms with Gasteiger partial charge in [0, 0.05) is 11.5 Å². The first-order chi connectivity index (χ1) is 6.11. The summed E-state index contributed by atoms with van der Waals surface area (Å²) in [7, 11) is 0. The van der Waals surface area contributed by atoms with E-state index in [4.69, 9.17) is 17.3 Å². The smallest absolute Gasteiger partial charge is 0.293 e. The van der Waals surface area contributed by atoms with Crippen molar-refractivity contribution >= 4 is 17.5 Å². The molecule has 0 atom stereocenters. The number of rotatable bonds is 0. The molecule has 1 aromatic rings. The van der Waals surface area contributed by atoms with E-state index in [1.54, 1.807) is 6.07 Å². The van der Waals surface area contributed by atoms with Gasteiger partial charge in [-0.2, -0.15) is 0 Å². The number of carbonyl (C=O) groups is 1. The fourth-order valence-electron chi connectivity index (χ4n) is 0.873. The van der Waals surface area contributed by atoms with E-state index in [9.17, 15) is 4.79 Å². The molecule has 0 unspecified atom stereocenters. The Labute approximate surface area is 81.7 Å². The molecule has 1 rings (SSSR count). The maximum absolute atomic E-state index is 10.4. The van der Waals surface area contributed by atoms with Crippen molar-refractivity contribution in [3.8, 4) is 11.8 Å². The van der Waals surface area contributed by atoms with Crippen LogP contribution in [0.1, 0.15) is 11.1 Å². The highest BCUT2D eigenvalue weighted by Gasteiger charge is 1.98. The number of halogens is 1.